The number of aryl methyl sites for hydroxylation is 3. The number of rotatable bonds is 2. The van der Waals surface area contributed by atoms with Crippen LogP contribution in [0.5, 0.6) is 0 Å². The Labute approximate surface area is 179 Å². The Morgan fingerprint density at radius 2 is 1.83 bits per heavy atom. The molecule has 3 heterocycles. The Balaban J connectivity index is 1.36. The minimum atomic E-state index is -0.0630. The molecule has 0 fully saturated rings. The van der Waals surface area contributed by atoms with Crippen molar-refractivity contribution in [2.45, 2.75) is 33.7 Å². The molecule has 0 radical (unpaired) electrons. The van der Waals surface area contributed by atoms with Gasteiger partial charge in [-0.25, -0.2) is 9.31 Å². The number of nitrogens with one attached hydrogen (secondary N) is 1. The van der Waals surface area contributed by atoms with Gasteiger partial charge >= 0.3 is 6.03 Å². The smallest absolute Gasteiger partial charge is 0.319 e. The molecule has 0 spiro atoms. The fraction of sp³-hybridized carbons (Fsp3) is 0.261. The molecule has 30 heavy (non-hydrogen) atoms. The molecule has 2 aromatic carbocycles. The van der Waals surface area contributed by atoms with E-state index in [-0.39, 0.29) is 6.03 Å². The van der Waals surface area contributed by atoms with Gasteiger partial charge in [-0.1, -0.05) is 58.9 Å². The maximum atomic E-state index is 12.8. The number of hydrogen-bond donors (Lipinski definition) is 1. The number of nitrogens with zero attached hydrogens (tertiary/aromatic N) is 4. The summed E-state index contributed by atoms with van der Waals surface area (Å²) in [4.78, 5) is 21.4. The largest absolute Gasteiger partial charge is 0.322 e. The van der Waals surface area contributed by atoms with Gasteiger partial charge in [0.1, 0.15) is 0 Å². The SMILES string of the molecule is Cc1ccc(-c2nc3sc4c(n3n2)CCN(C(=O)Nc2ccc(C)cc2C)C4)cc1. The molecular weight excluding hydrogens is 394 g/mol. The zero-order valence-corrected chi connectivity index (χ0v) is 18.1. The van der Waals surface area contributed by atoms with Crippen LogP contribution in [0, 0.1) is 20.8 Å². The molecule has 1 N–H and O–H groups in total. The maximum absolute atomic E-state index is 12.8. The number of carbonyl (C=O) groups excluding carboxylic acids is 1. The number of benzene rings is 2. The maximum Gasteiger partial charge on any atom is 0.322 e. The van der Waals surface area contributed by atoms with E-state index in [2.05, 4.69) is 49.5 Å². The number of anilines is 1. The molecule has 0 saturated carbocycles. The molecule has 7 heteroatoms. The standard InChI is InChI=1S/C23H23N5OS/c1-14-4-7-17(8-5-14)21-25-23-28(26-21)19-10-11-27(13-20(19)30-23)22(29)24-18-9-6-15(2)12-16(18)3/h4-9,12H,10-11,13H2,1-3H3,(H,24,29). The Bertz CT molecular complexity index is 1250. The molecule has 0 bridgehead atoms. The molecule has 0 unspecified atom stereocenters. The van der Waals surface area contributed by atoms with Gasteiger partial charge in [-0.05, 0) is 32.4 Å². The van der Waals surface area contributed by atoms with Crippen LogP contribution in [0.25, 0.3) is 16.3 Å². The summed E-state index contributed by atoms with van der Waals surface area (Å²) in [6.07, 6.45) is 0.770. The third-order valence-corrected chi connectivity index (χ3v) is 6.60. The van der Waals surface area contributed by atoms with Crippen molar-refractivity contribution in [1.29, 1.82) is 0 Å². The molecule has 0 aliphatic carbocycles. The van der Waals surface area contributed by atoms with Crippen molar-refractivity contribution in [2.24, 2.45) is 0 Å². The monoisotopic (exact) mass is 417 g/mol. The normalized spacial score (nSPS) is 13.5. The average molecular weight is 418 g/mol. The number of hydrogen-bond acceptors (Lipinski definition) is 4. The zero-order valence-electron chi connectivity index (χ0n) is 17.3. The summed E-state index contributed by atoms with van der Waals surface area (Å²) >= 11 is 1.62. The number of urea groups is 1. The fourth-order valence-electron chi connectivity index (χ4n) is 3.84. The number of thiazole rings is 1. The van der Waals surface area contributed by atoms with E-state index in [1.807, 2.05) is 28.5 Å². The minimum absolute atomic E-state index is 0.0630. The second kappa shape index (κ2) is 7.25. The Hall–Kier alpha value is -3.19. The highest BCUT2D eigenvalue weighted by Gasteiger charge is 2.26. The van der Waals surface area contributed by atoms with Crippen LogP contribution in [0.1, 0.15) is 27.3 Å². The first-order chi connectivity index (χ1) is 14.5. The average Bonchev–Trinajstić information content (AvgIpc) is 3.28. The summed E-state index contributed by atoms with van der Waals surface area (Å²) < 4.78 is 1.95. The molecule has 0 atom stereocenters. The van der Waals surface area contributed by atoms with E-state index in [1.54, 1.807) is 11.3 Å². The van der Waals surface area contributed by atoms with Crippen LogP contribution in [0.3, 0.4) is 0 Å². The van der Waals surface area contributed by atoms with Crippen molar-refractivity contribution in [3.63, 3.8) is 0 Å². The second-order valence-electron chi connectivity index (χ2n) is 7.89. The molecule has 2 amide bonds. The minimum Gasteiger partial charge on any atom is -0.319 e. The van der Waals surface area contributed by atoms with Crippen molar-refractivity contribution in [3.05, 3.63) is 69.7 Å². The van der Waals surface area contributed by atoms with Gasteiger partial charge in [-0.2, -0.15) is 4.98 Å². The van der Waals surface area contributed by atoms with Crippen LogP contribution in [0.15, 0.2) is 42.5 Å². The molecule has 4 aromatic rings. The number of amides is 2. The van der Waals surface area contributed by atoms with Gasteiger partial charge < -0.3 is 10.2 Å². The van der Waals surface area contributed by atoms with E-state index in [0.29, 0.717) is 13.1 Å². The summed E-state index contributed by atoms with van der Waals surface area (Å²) in [5.41, 5.74) is 6.53. The van der Waals surface area contributed by atoms with Gasteiger partial charge in [0, 0.05) is 29.1 Å². The molecule has 5 rings (SSSR count). The molecule has 1 aliphatic heterocycles. The van der Waals surface area contributed by atoms with Gasteiger partial charge in [-0.15, -0.1) is 5.10 Å². The van der Waals surface area contributed by atoms with Gasteiger partial charge in [0.15, 0.2) is 5.82 Å². The first-order valence-corrected chi connectivity index (χ1v) is 10.9. The highest BCUT2D eigenvalue weighted by Crippen LogP contribution is 2.30. The molecule has 1 aliphatic rings. The molecular formula is C23H23N5OS. The highest BCUT2D eigenvalue weighted by molar-refractivity contribution is 7.17. The predicted molar refractivity (Wildman–Crippen MR) is 120 cm³/mol. The van der Waals surface area contributed by atoms with Crippen LogP contribution >= 0.6 is 11.3 Å². The number of fused-ring (bicyclic) bond motifs is 3. The number of aromatic nitrogens is 3. The van der Waals surface area contributed by atoms with Crippen molar-refractivity contribution in [2.75, 3.05) is 11.9 Å². The lowest BCUT2D eigenvalue weighted by Gasteiger charge is -2.27. The van der Waals surface area contributed by atoms with E-state index < -0.39 is 0 Å². The fourth-order valence-corrected chi connectivity index (χ4v) is 4.95. The van der Waals surface area contributed by atoms with E-state index in [4.69, 9.17) is 10.1 Å². The Morgan fingerprint density at radius 3 is 2.60 bits per heavy atom. The van der Waals surface area contributed by atoms with Crippen LogP contribution in [0.2, 0.25) is 0 Å². The summed E-state index contributed by atoms with van der Waals surface area (Å²) in [6.45, 7) is 7.39. The lowest BCUT2D eigenvalue weighted by atomic mass is 10.1. The third-order valence-electron chi connectivity index (χ3n) is 5.54. The number of carbonyl (C=O) groups is 1. The molecule has 0 saturated heterocycles. The molecule has 6 nitrogen and oxygen atoms in total. The Kier molecular flexibility index (Phi) is 4.55. The van der Waals surface area contributed by atoms with Crippen molar-refractivity contribution >= 4 is 28.0 Å². The van der Waals surface area contributed by atoms with E-state index in [9.17, 15) is 4.79 Å². The van der Waals surface area contributed by atoms with Crippen LogP contribution in [-0.4, -0.2) is 32.1 Å². The lowest BCUT2D eigenvalue weighted by molar-refractivity contribution is 0.206. The van der Waals surface area contributed by atoms with Gasteiger partial charge in [-0.3, -0.25) is 0 Å². The second-order valence-corrected chi connectivity index (χ2v) is 8.95. The Morgan fingerprint density at radius 1 is 1.07 bits per heavy atom. The quantitative estimate of drug-likeness (QED) is 0.501. The van der Waals surface area contributed by atoms with Crippen molar-refractivity contribution in [1.82, 2.24) is 19.5 Å². The highest BCUT2D eigenvalue weighted by atomic mass is 32.1. The van der Waals surface area contributed by atoms with E-state index in [0.717, 1.165) is 44.6 Å². The van der Waals surface area contributed by atoms with Crippen LogP contribution < -0.4 is 5.32 Å². The van der Waals surface area contributed by atoms with E-state index in [1.165, 1.54) is 11.1 Å². The summed E-state index contributed by atoms with van der Waals surface area (Å²) in [5.74, 6) is 0.749. The summed E-state index contributed by atoms with van der Waals surface area (Å²) in [5, 5.41) is 7.79. The van der Waals surface area contributed by atoms with E-state index >= 15 is 0 Å². The molecule has 2 aromatic heterocycles. The summed E-state index contributed by atoms with van der Waals surface area (Å²) in [7, 11) is 0. The summed E-state index contributed by atoms with van der Waals surface area (Å²) in [6, 6.07) is 14.3. The molecule has 152 valence electrons. The van der Waals surface area contributed by atoms with Gasteiger partial charge in [0.2, 0.25) is 4.96 Å². The van der Waals surface area contributed by atoms with Gasteiger partial charge in [0.25, 0.3) is 0 Å². The first-order valence-electron chi connectivity index (χ1n) is 10.1. The lowest BCUT2D eigenvalue weighted by Crippen LogP contribution is -2.38. The van der Waals surface area contributed by atoms with Crippen molar-refractivity contribution in [3.8, 4) is 11.4 Å². The third kappa shape index (κ3) is 3.35. The zero-order chi connectivity index (χ0) is 20.8. The first kappa shape index (κ1) is 18.8. The van der Waals surface area contributed by atoms with Crippen LogP contribution in [-0.2, 0) is 13.0 Å². The predicted octanol–water partition coefficient (Wildman–Crippen LogP) is 4.97. The van der Waals surface area contributed by atoms with Gasteiger partial charge in [0.05, 0.1) is 12.2 Å². The van der Waals surface area contributed by atoms with Crippen molar-refractivity contribution < 1.29 is 4.79 Å². The van der Waals surface area contributed by atoms with Crippen LogP contribution in [0.4, 0.5) is 10.5 Å². The topological polar surface area (TPSA) is 62.5 Å².